The maximum Gasteiger partial charge on any atom is 0.218 e. The van der Waals surface area contributed by atoms with Crippen molar-refractivity contribution in [3.05, 3.63) is 66.1 Å². The highest BCUT2D eigenvalue weighted by molar-refractivity contribution is 5.86. The Kier molecular flexibility index (Phi) is 3.22. The summed E-state index contributed by atoms with van der Waals surface area (Å²) >= 11 is 0. The number of nitrogens with one attached hydrogen (secondary N) is 1. The van der Waals surface area contributed by atoms with Crippen molar-refractivity contribution in [1.29, 1.82) is 0 Å². The molecule has 1 aromatic carbocycles. The van der Waals surface area contributed by atoms with Crippen molar-refractivity contribution in [1.82, 2.24) is 9.97 Å². The maximum absolute atomic E-state index is 11.6. The van der Waals surface area contributed by atoms with E-state index in [0.717, 1.165) is 22.0 Å². The number of carbonyl (C=O) groups excluding carboxylic acids is 1. The lowest BCUT2D eigenvalue weighted by atomic mass is 9.73. The van der Waals surface area contributed by atoms with E-state index in [9.17, 15) is 4.79 Å². The number of carbonyl (C=O) groups is 1. The van der Waals surface area contributed by atoms with Gasteiger partial charge < -0.3 is 10.7 Å². The molecule has 1 unspecified atom stereocenters. The topological polar surface area (TPSA) is 71.8 Å². The largest absolute Gasteiger partial charge is 0.370 e. The van der Waals surface area contributed by atoms with Gasteiger partial charge in [-0.2, -0.15) is 0 Å². The van der Waals surface area contributed by atoms with Crippen molar-refractivity contribution < 1.29 is 4.79 Å². The van der Waals surface area contributed by atoms with Crippen LogP contribution < -0.4 is 5.73 Å². The summed E-state index contributed by atoms with van der Waals surface area (Å²) in [5, 5.41) is 1.07. The summed E-state index contributed by atoms with van der Waals surface area (Å²) in [6, 6.07) is 11.9. The van der Waals surface area contributed by atoms with Crippen LogP contribution in [0.25, 0.3) is 10.9 Å². The van der Waals surface area contributed by atoms with Crippen molar-refractivity contribution >= 4 is 16.8 Å². The lowest BCUT2D eigenvalue weighted by Gasteiger charge is -2.29. The van der Waals surface area contributed by atoms with Crippen molar-refractivity contribution in [2.75, 3.05) is 0 Å². The zero-order chi connectivity index (χ0) is 14.9. The average molecular weight is 279 g/mol. The molecular formula is C17H17N3O. The fourth-order valence-electron chi connectivity index (χ4n) is 2.94. The van der Waals surface area contributed by atoms with Gasteiger partial charge >= 0.3 is 0 Å². The Morgan fingerprint density at radius 3 is 2.76 bits per heavy atom. The number of primary amides is 1. The minimum atomic E-state index is -0.466. The average Bonchev–Trinajstić information content (AvgIpc) is 2.92. The molecule has 0 saturated heterocycles. The third kappa shape index (κ3) is 2.29. The molecule has 2 heterocycles. The number of hydrogen-bond donors (Lipinski definition) is 2. The molecule has 21 heavy (non-hydrogen) atoms. The van der Waals surface area contributed by atoms with Gasteiger partial charge in [0.15, 0.2) is 0 Å². The van der Waals surface area contributed by atoms with Gasteiger partial charge in [0.2, 0.25) is 5.91 Å². The standard InChI is InChI=1S/C17H17N3O/c1-17(9-16(18)21,12-5-3-2-4-6-12)14-10-20-15-11-19-8-7-13(14)15/h2-8,10-11,20H,9H2,1H3,(H2,18,21). The zero-order valence-electron chi connectivity index (χ0n) is 11.8. The van der Waals surface area contributed by atoms with E-state index in [4.69, 9.17) is 5.73 Å². The molecule has 0 aliphatic rings. The SMILES string of the molecule is CC(CC(N)=O)(c1ccccc1)c1c[nH]c2cnccc12. The number of rotatable bonds is 4. The van der Waals surface area contributed by atoms with Crippen LogP contribution in [0, 0.1) is 0 Å². The Labute approximate surface area is 123 Å². The van der Waals surface area contributed by atoms with Crippen LogP contribution in [0.2, 0.25) is 0 Å². The summed E-state index contributed by atoms with van der Waals surface area (Å²) in [7, 11) is 0. The van der Waals surface area contributed by atoms with Gasteiger partial charge in [-0.1, -0.05) is 37.3 Å². The molecular weight excluding hydrogens is 262 g/mol. The molecule has 0 radical (unpaired) electrons. The van der Waals surface area contributed by atoms with E-state index in [1.54, 1.807) is 12.4 Å². The fraction of sp³-hybridized carbons (Fsp3) is 0.176. The molecule has 0 fully saturated rings. The number of nitrogens with two attached hydrogens (primary N) is 1. The molecule has 3 N–H and O–H groups in total. The number of aromatic amines is 1. The van der Waals surface area contributed by atoms with Crippen LogP contribution in [0.5, 0.6) is 0 Å². The highest BCUT2D eigenvalue weighted by atomic mass is 16.1. The molecule has 1 atom stereocenters. The summed E-state index contributed by atoms with van der Waals surface area (Å²) in [6.45, 7) is 2.05. The second kappa shape index (κ2) is 5.05. The number of benzene rings is 1. The molecule has 1 amide bonds. The second-order valence-electron chi connectivity index (χ2n) is 5.46. The summed E-state index contributed by atoms with van der Waals surface area (Å²) in [5.41, 5.74) is 8.13. The molecule has 0 saturated carbocycles. The molecule has 0 aliphatic heterocycles. The Hall–Kier alpha value is -2.62. The molecule has 106 valence electrons. The van der Waals surface area contributed by atoms with Crippen LogP contribution in [0.3, 0.4) is 0 Å². The van der Waals surface area contributed by atoms with Gasteiger partial charge in [-0.15, -0.1) is 0 Å². The van der Waals surface area contributed by atoms with Crippen LogP contribution in [0.4, 0.5) is 0 Å². The highest BCUT2D eigenvalue weighted by Gasteiger charge is 2.33. The number of nitrogens with zero attached hydrogens (tertiary/aromatic N) is 1. The van der Waals surface area contributed by atoms with Gasteiger partial charge in [0.1, 0.15) is 0 Å². The summed E-state index contributed by atoms with van der Waals surface area (Å²) in [5.74, 6) is -0.315. The Bertz CT molecular complexity index is 779. The molecule has 3 aromatic rings. The molecule has 4 heteroatoms. The van der Waals surface area contributed by atoms with E-state index in [1.807, 2.05) is 42.6 Å². The molecule has 3 rings (SSSR count). The molecule has 2 aromatic heterocycles. The number of amides is 1. The van der Waals surface area contributed by atoms with Gasteiger partial charge in [-0.05, 0) is 17.2 Å². The number of pyridine rings is 1. The van der Waals surface area contributed by atoms with Gasteiger partial charge in [0, 0.05) is 29.6 Å². The highest BCUT2D eigenvalue weighted by Crippen LogP contribution is 2.38. The smallest absolute Gasteiger partial charge is 0.218 e. The first-order chi connectivity index (χ1) is 10.1. The minimum absolute atomic E-state index is 0.256. The van der Waals surface area contributed by atoms with Crippen molar-refractivity contribution in [2.45, 2.75) is 18.8 Å². The van der Waals surface area contributed by atoms with Gasteiger partial charge in [-0.25, -0.2) is 0 Å². The van der Waals surface area contributed by atoms with E-state index in [2.05, 4.69) is 16.9 Å². The third-order valence-corrected chi connectivity index (χ3v) is 4.02. The number of aromatic nitrogens is 2. The van der Waals surface area contributed by atoms with Gasteiger partial charge in [-0.3, -0.25) is 9.78 Å². The summed E-state index contributed by atoms with van der Waals surface area (Å²) in [4.78, 5) is 19.0. The van der Waals surface area contributed by atoms with Crippen LogP contribution in [0.15, 0.2) is 55.0 Å². The molecule has 0 bridgehead atoms. The molecule has 0 spiro atoms. The lowest BCUT2D eigenvalue weighted by Crippen LogP contribution is -2.30. The van der Waals surface area contributed by atoms with Crippen LogP contribution in [0.1, 0.15) is 24.5 Å². The lowest BCUT2D eigenvalue weighted by molar-refractivity contribution is -0.118. The van der Waals surface area contributed by atoms with E-state index < -0.39 is 5.41 Å². The number of hydrogen-bond acceptors (Lipinski definition) is 2. The first-order valence-electron chi connectivity index (χ1n) is 6.87. The van der Waals surface area contributed by atoms with E-state index in [-0.39, 0.29) is 12.3 Å². The Morgan fingerprint density at radius 1 is 1.29 bits per heavy atom. The normalized spacial score (nSPS) is 14.0. The maximum atomic E-state index is 11.6. The quantitative estimate of drug-likeness (QED) is 0.770. The predicted molar refractivity (Wildman–Crippen MR) is 82.8 cm³/mol. The van der Waals surface area contributed by atoms with Crippen molar-refractivity contribution in [3.63, 3.8) is 0 Å². The first kappa shape index (κ1) is 13.4. The fourth-order valence-corrected chi connectivity index (χ4v) is 2.94. The van der Waals surface area contributed by atoms with E-state index in [1.165, 1.54) is 0 Å². The van der Waals surface area contributed by atoms with Crippen LogP contribution >= 0.6 is 0 Å². The van der Waals surface area contributed by atoms with Gasteiger partial charge in [0.25, 0.3) is 0 Å². The Morgan fingerprint density at radius 2 is 2.05 bits per heavy atom. The van der Waals surface area contributed by atoms with Crippen molar-refractivity contribution in [2.24, 2.45) is 5.73 Å². The first-order valence-corrected chi connectivity index (χ1v) is 6.87. The number of H-pyrrole nitrogens is 1. The molecule has 0 aliphatic carbocycles. The van der Waals surface area contributed by atoms with Crippen LogP contribution in [-0.4, -0.2) is 15.9 Å². The van der Waals surface area contributed by atoms with Crippen LogP contribution in [-0.2, 0) is 10.2 Å². The number of fused-ring (bicyclic) bond motifs is 1. The Balaban J connectivity index is 2.22. The molecule has 4 nitrogen and oxygen atoms in total. The third-order valence-electron chi connectivity index (χ3n) is 4.02. The summed E-state index contributed by atoms with van der Waals surface area (Å²) in [6.07, 6.45) is 5.75. The second-order valence-corrected chi connectivity index (χ2v) is 5.46. The van der Waals surface area contributed by atoms with Crippen molar-refractivity contribution in [3.8, 4) is 0 Å². The van der Waals surface area contributed by atoms with Gasteiger partial charge in [0.05, 0.1) is 11.7 Å². The summed E-state index contributed by atoms with van der Waals surface area (Å²) < 4.78 is 0. The van der Waals surface area contributed by atoms with E-state index in [0.29, 0.717) is 0 Å². The van der Waals surface area contributed by atoms with E-state index >= 15 is 0 Å². The zero-order valence-corrected chi connectivity index (χ0v) is 11.8. The monoisotopic (exact) mass is 279 g/mol. The predicted octanol–water partition coefficient (Wildman–Crippen LogP) is 2.74. The minimum Gasteiger partial charge on any atom is -0.370 e.